The van der Waals surface area contributed by atoms with Gasteiger partial charge in [0.25, 0.3) is 0 Å². The fourth-order valence-electron chi connectivity index (χ4n) is 4.79. The van der Waals surface area contributed by atoms with Gasteiger partial charge in [0.15, 0.2) is 6.54 Å². The molecule has 0 heterocycles. The Hall–Kier alpha value is -2.33. The highest BCUT2D eigenvalue weighted by Gasteiger charge is 2.21. The van der Waals surface area contributed by atoms with Crippen LogP contribution in [0.15, 0.2) is 54.6 Å². The predicted molar refractivity (Wildman–Crippen MR) is 155 cm³/mol. The molecular formula is C33H52NO3+. The molecule has 0 fully saturated rings. The SMILES string of the molecule is CCCCCCCCCCCCCc1ccccc1OCCCOC(=O)C[N+](C)(C)Cc1ccccc1. The van der Waals surface area contributed by atoms with Crippen LogP contribution in [0.5, 0.6) is 5.75 Å². The number of nitrogens with zero attached hydrogens (tertiary/aromatic N) is 1. The lowest BCUT2D eigenvalue weighted by Crippen LogP contribution is -2.43. The first-order valence-electron chi connectivity index (χ1n) is 14.7. The number of carbonyl (C=O) groups excluding carboxylic acids is 1. The summed E-state index contributed by atoms with van der Waals surface area (Å²) in [5.41, 5.74) is 2.51. The lowest BCUT2D eigenvalue weighted by molar-refractivity contribution is -0.896. The summed E-state index contributed by atoms with van der Waals surface area (Å²) in [4.78, 5) is 12.3. The zero-order chi connectivity index (χ0) is 26.6. The number of hydrogen-bond acceptors (Lipinski definition) is 3. The van der Waals surface area contributed by atoms with Crippen LogP contribution in [0.1, 0.15) is 95.1 Å². The number of rotatable bonds is 21. The van der Waals surface area contributed by atoms with Crippen molar-refractivity contribution in [3.8, 4) is 5.75 Å². The minimum absolute atomic E-state index is 0.155. The summed E-state index contributed by atoms with van der Waals surface area (Å²) >= 11 is 0. The molecule has 2 rings (SSSR count). The van der Waals surface area contributed by atoms with Gasteiger partial charge in [-0.1, -0.05) is 120 Å². The molecule has 2 aromatic carbocycles. The van der Waals surface area contributed by atoms with Crippen LogP contribution in [0.25, 0.3) is 0 Å². The van der Waals surface area contributed by atoms with E-state index < -0.39 is 0 Å². The molecule has 0 atom stereocenters. The van der Waals surface area contributed by atoms with Crippen molar-refractivity contribution in [2.24, 2.45) is 0 Å². The van der Waals surface area contributed by atoms with Gasteiger partial charge < -0.3 is 14.0 Å². The van der Waals surface area contributed by atoms with Crippen LogP contribution in [0.3, 0.4) is 0 Å². The van der Waals surface area contributed by atoms with Crippen molar-refractivity contribution in [3.05, 3.63) is 65.7 Å². The second-order valence-corrected chi connectivity index (χ2v) is 11.1. The second-order valence-electron chi connectivity index (χ2n) is 11.1. The summed E-state index contributed by atoms with van der Waals surface area (Å²) in [6.45, 7) is 4.39. The van der Waals surface area contributed by atoms with E-state index in [9.17, 15) is 4.79 Å². The molecule has 0 unspecified atom stereocenters. The molecule has 37 heavy (non-hydrogen) atoms. The summed E-state index contributed by atoms with van der Waals surface area (Å²) in [5.74, 6) is 0.819. The van der Waals surface area contributed by atoms with Crippen LogP contribution < -0.4 is 4.74 Å². The number of carbonyl (C=O) groups is 1. The Morgan fingerprint density at radius 1 is 0.703 bits per heavy atom. The smallest absolute Gasteiger partial charge is 0.361 e. The number of esters is 1. The van der Waals surface area contributed by atoms with Crippen molar-refractivity contribution < 1.29 is 18.8 Å². The summed E-state index contributed by atoms with van der Waals surface area (Å²) in [6.07, 6.45) is 16.7. The molecule has 0 aromatic heterocycles. The molecular weight excluding hydrogens is 458 g/mol. The van der Waals surface area contributed by atoms with Crippen molar-refractivity contribution in [1.82, 2.24) is 0 Å². The van der Waals surface area contributed by atoms with Crippen LogP contribution in [0.2, 0.25) is 0 Å². The standard InChI is InChI=1S/C33H52NO3/c1-4-5-6-7-8-9-10-11-12-13-17-23-31-24-18-19-25-32(31)36-26-20-27-37-33(35)29-34(2,3)28-30-21-15-14-16-22-30/h14-16,18-19,21-22,24-25H,4-13,17,20,23,26-29H2,1-3H3/q+1. The topological polar surface area (TPSA) is 35.5 Å². The highest BCUT2D eigenvalue weighted by molar-refractivity contribution is 5.70. The summed E-state index contributed by atoms with van der Waals surface area (Å²) < 4.78 is 12.1. The molecule has 4 heteroatoms. The van der Waals surface area contributed by atoms with Gasteiger partial charge in [0, 0.05) is 12.0 Å². The van der Waals surface area contributed by atoms with Crippen molar-refractivity contribution in [1.29, 1.82) is 0 Å². The average Bonchev–Trinajstić information content (AvgIpc) is 2.87. The minimum Gasteiger partial charge on any atom is -0.493 e. The van der Waals surface area contributed by atoms with Gasteiger partial charge in [-0.25, -0.2) is 4.79 Å². The molecule has 0 radical (unpaired) electrons. The fraction of sp³-hybridized carbons (Fsp3) is 0.606. The summed E-state index contributed by atoms with van der Waals surface area (Å²) in [5, 5.41) is 0. The molecule has 0 bridgehead atoms. The highest BCUT2D eigenvalue weighted by Crippen LogP contribution is 2.21. The first-order valence-corrected chi connectivity index (χ1v) is 14.7. The van der Waals surface area contributed by atoms with Gasteiger partial charge in [0.2, 0.25) is 0 Å². The van der Waals surface area contributed by atoms with Crippen LogP contribution in [-0.2, 0) is 22.5 Å². The van der Waals surface area contributed by atoms with Crippen molar-refractivity contribution in [3.63, 3.8) is 0 Å². The zero-order valence-corrected chi connectivity index (χ0v) is 23.9. The molecule has 0 N–H and O–H groups in total. The molecule has 4 nitrogen and oxygen atoms in total. The molecule has 0 aliphatic rings. The molecule has 0 saturated carbocycles. The maximum Gasteiger partial charge on any atom is 0.361 e. The number of para-hydroxylation sites is 1. The zero-order valence-electron chi connectivity index (χ0n) is 23.9. The van der Waals surface area contributed by atoms with Crippen LogP contribution >= 0.6 is 0 Å². The van der Waals surface area contributed by atoms with E-state index in [0.717, 1.165) is 18.7 Å². The lowest BCUT2D eigenvalue weighted by Gasteiger charge is -2.28. The average molecular weight is 511 g/mol. The first kappa shape index (κ1) is 30.9. The van der Waals surface area contributed by atoms with Crippen molar-refractivity contribution in [2.75, 3.05) is 33.9 Å². The third kappa shape index (κ3) is 14.9. The monoisotopic (exact) mass is 510 g/mol. The van der Waals surface area contributed by atoms with E-state index in [0.29, 0.717) is 30.7 Å². The lowest BCUT2D eigenvalue weighted by atomic mass is 10.0. The Labute approximate surface area is 227 Å². The van der Waals surface area contributed by atoms with E-state index in [1.54, 1.807) is 0 Å². The normalized spacial score (nSPS) is 11.4. The number of unbranched alkanes of at least 4 members (excludes halogenated alkanes) is 10. The Balaban J connectivity index is 1.55. The van der Waals surface area contributed by atoms with Crippen molar-refractivity contribution in [2.45, 2.75) is 96.9 Å². The molecule has 206 valence electrons. The maximum atomic E-state index is 12.3. The van der Waals surface area contributed by atoms with Crippen LogP contribution in [0, 0.1) is 0 Å². The van der Waals surface area contributed by atoms with E-state index in [-0.39, 0.29) is 5.97 Å². The van der Waals surface area contributed by atoms with Crippen LogP contribution in [0.4, 0.5) is 0 Å². The Bertz CT molecular complexity index is 850. The van der Waals surface area contributed by atoms with Crippen molar-refractivity contribution >= 4 is 5.97 Å². The van der Waals surface area contributed by atoms with Gasteiger partial charge >= 0.3 is 5.97 Å². The van der Waals surface area contributed by atoms with Gasteiger partial charge in [-0.2, -0.15) is 0 Å². The van der Waals surface area contributed by atoms with E-state index in [1.165, 1.54) is 81.8 Å². The van der Waals surface area contributed by atoms with Gasteiger partial charge in [-0.15, -0.1) is 0 Å². The molecule has 0 amide bonds. The number of quaternary nitrogens is 1. The largest absolute Gasteiger partial charge is 0.493 e. The quantitative estimate of drug-likeness (QED) is 0.0966. The van der Waals surface area contributed by atoms with Crippen LogP contribution in [-0.4, -0.2) is 44.3 Å². The third-order valence-electron chi connectivity index (χ3n) is 6.84. The van der Waals surface area contributed by atoms with Gasteiger partial charge in [0.05, 0.1) is 27.3 Å². The van der Waals surface area contributed by atoms with Gasteiger partial charge in [-0.05, 0) is 24.5 Å². The van der Waals surface area contributed by atoms with E-state index in [1.807, 2.05) is 24.3 Å². The molecule has 0 saturated heterocycles. The molecule has 2 aromatic rings. The Morgan fingerprint density at radius 3 is 1.97 bits per heavy atom. The molecule has 0 spiro atoms. The van der Waals surface area contributed by atoms with E-state index in [2.05, 4.69) is 51.4 Å². The first-order chi connectivity index (χ1) is 18.0. The minimum atomic E-state index is -0.155. The molecule has 0 aliphatic carbocycles. The summed E-state index contributed by atoms with van der Waals surface area (Å²) in [7, 11) is 4.12. The van der Waals surface area contributed by atoms with Gasteiger partial charge in [-0.3, -0.25) is 0 Å². The number of hydrogen-bond donors (Lipinski definition) is 0. The number of likely N-dealkylation sites (N-methyl/N-ethyl adjacent to an activating group) is 1. The third-order valence-corrected chi connectivity index (χ3v) is 6.84. The fourth-order valence-corrected chi connectivity index (χ4v) is 4.79. The second kappa shape index (κ2) is 18.8. The Kier molecular flexibility index (Phi) is 15.7. The van der Waals surface area contributed by atoms with Gasteiger partial charge in [0.1, 0.15) is 12.3 Å². The summed E-state index contributed by atoms with van der Waals surface area (Å²) in [6, 6.07) is 18.6. The number of aryl methyl sites for hydroxylation is 1. The number of benzene rings is 2. The maximum absolute atomic E-state index is 12.3. The van der Waals surface area contributed by atoms with E-state index in [4.69, 9.17) is 9.47 Å². The highest BCUT2D eigenvalue weighted by atomic mass is 16.5. The molecule has 0 aliphatic heterocycles. The number of ether oxygens (including phenoxy) is 2. The Morgan fingerprint density at radius 2 is 1.30 bits per heavy atom. The predicted octanol–water partition coefficient (Wildman–Crippen LogP) is 8.13. The van der Waals surface area contributed by atoms with E-state index >= 15 is 0 Å².